The molecule has 0 aliphatic carbocycles. The lowest BCUT2D eigenvalue weighted by Gasteiger charge is -2.35. The topological polar surface area (TPSA) is 66.9 Å². The SMILES string of the molecule is C=CCN(c1ccc(F)cc1)S(=O)(=O)c1cc(C(=O)N2CC(C)OC(C)C2)ccc1Cl. The summed E-state index contributed by atoms with van der Waals surface area (Å²) in [5.74, 6) is -0.786. The minimum Gasteiger partial charge on any atom is -0.372 e. The highest BCUT2D eigenvalue weighted by Gasteiger charge is 2.30. The van der Waals surface area contributed by atoms with Gasteiger partial charge in [0.1, 0.15) is 10.7 Å². The maximum Gasteiger partial charge on any atom is 0.266 e. The predicted molar refractivity (Wildman–Crippen MR) is 118 cm³/mol. The Balaban J connectivity index is 1.99. The molecule has 9 heteroatoms. The van der Waals surface area contributed by atoms with E-state index in [4.69, 9.17) is 16.3 Å². The molecular formula is C22H24ClFN2O4S. The van der Waals surface area contributed by atoms with Gasteiger partial charge in [0, 0.05) is 18.7 Å². The Bertz CT molecular complexity index is 1070. The lowest BCUT2D eigenvalue weighted by atomic mass is 10.1. The van der Waals surface area contributed by atoms with Gasteiger partial charge in [0.15, 0.2) is 0 Å². The van der Waals surface area contributed by atoms with Crippen molar-refractivity contribution in [3.05, 3.63) is 71.5 Å². The van der Waals surface area contributed by atoms with E-state index in [1.807, 2.05) is 13.8 Å². The molecule has 166 valence electrons. The molecular weight excluding hydrogens is 443 g/mol. The number of morpholine rings is 1. The number of carbonyl (C=O) groups excluding carboxylic acids is 1. The number of rotatable bonds is 6. The molecule has 6 nitrogen and oxygen atoms in total. The molecule has 1 fully saturated rings. The summed E-state index contributed by atoms with van der Waals surface area (Å²) in [6, 6.07) is 9.23. The third-order valence-electron chi connectivity index (χ3n) is 4.86. The predicted octanol–water partition coefficient (Wildman–Crippen LogP) is 4.11. The molecule has 2 unspecified atom stereocenters. The first-order valence-corrected chi connectivity index (χ1v) is 11.6. The van der Waals surface area contributed by atoms with Crippen molar-refractivity contribution < 1.29 is 22.3 Å². The van der Waals surface area contributed by atoms with Gasteiger partial charge in [-0.15, -0.1) is 6.58 Å². The van der Waals surface area contributed by atoms with Crippen LogP contribution in [0, 0.1) is 5.82 Å². The lowest BCUT2D eigenvalue weighted by molar-refractivity contribution is -0.0586. The second-order valence-electron chi connectivity index (χ2n) is 7.41. The van der Waals surface area contributed by atoms with Crippen molar-refractivity contribution >= 4 is 33.2 Å². The Hall–Kier alpha value is -2.42. The smallest absolute Gasteiger partial charge is 0.266 e. The van der Waals surface area contributed by atoms with E-state index in [0.717, 1.165) is 4.31 Å². The summed E-state index contributed by atoms with van der Waals surface area (Å²) in [7, 11) is -4.16. The summed E-state index contributed by atoms with van der Waals surface area (Å²) >= 11 is 6.24. The molecule has 1 amide bonds. The molecule has 2 aromatic rings. The van der Waals surface area contributed by atoms with Crippen LogP contribution in [0.3, 0.4) is 0 Å². The maximum atomic E-state index is 13.4. The Labute approximate surface area is 186 Å². The van der Waals surface area contributed by atoms with Gasteiger partial charge in [-0.1, -0.05) is 17.7 Å². The number of sulfonamides is 1. The van der Waals surface area contributed by atoms with E-state index in [1.54, 1.807) is 4.90 Å². The first kappa shape index (κ1) is 23.2. The van der Waals surface area contributed by atoms with Crippen LogP contribution in [0.2, 0.25) is 5.02 Å². The van der Waals surface area contributed by atoms with Crippen molar-refractivity contribution in [3.63, 3.8) is 0 Å². The second kappa shape index (κ2) is 9.38. The molecule has 1 aliphatic rings. The zero-order valence-corrected chi connectivity index (χ0v) is 18.9. The van der Waals surface area contributed by atoms with Crippen LogP contribution < -0.4 is 4.31 Å². The minimum atomic E-state index is -4.16. The summed E-state index contributed by atoms with van der Waals surface area (Å²) in [6.07, 6.45) is 1.18. The Morgan fingerprint density at radius 2 is 1.84 bits per heavy atom. The largest absolute Gasteiger partial charge is 0.372 e. The van der Waals surface area contributed by atoms with Crippen LogP contribution in [0.25, 0.3) is 0 Å². The monoisotopic (exact) mass is 466 g/mol. The third-order valence-corrected chi connectivity index (χ3v) is 7.14. The van der Waals surface area contributed by atoms with Gasteiger partial charge in [-0.05, 0) is 56.3 Å². The number of amides is 1. The normalized spacial score (nSPS) is 19.2. The Morgan fingerprint density at radius 3 is 2.42 bits per heavy atom. The van der Waals surface area contributed by atoms with Gasteiger partial charge in [-0.3, -0.25) is 9.10 Å². The van der Waals surface area contributed by atoms with Gasteiger partial charge >= 0.3 is 0 Å². The standard InChI is InChI=1S/C22H24ClFN2O4S/c1-4-11-26(19-8-6-18(24)7-9-19)31(28,29)21-12-17(5-10-20(21)23)22(27)25-13-15(2)30-16(3)14-25/h4-10,12,15-16H,1,11,13-14H2,2-3H3. The number of nitrogens with zero attached hydrogens (tertiary/aromatic N) is 2. The number of ether oxygens (including phenoxy) is 1. The van der Waals surface area contributed by atoms with Gasteiger partial charge in [0.2, 0.25) is 0 Å². The number of carbonyl (C=O) groups is 1. The molecule has 1 heterocycles. The summed E-state index contributed by atoms with van der Waals surface area (Å²) in [5.41, 5.74) is 0.465. The van der Waals surface area contributed by atoms with Crippen LogP contribution in [0.15, 0.2) is 60.0 Å². The van der Waals surface area contributed by atoms with Crippen molar-refractivity contribution in [2.75, 3.05) is 23.9 Å². The molecule has 0 saturated carbocycles. The van der Waals surface area contributed by atoms with Crippen molar-refractivity contribution in [2.45, 2.75) is 31.0 Å². The number of benzene rings is 2. The fourth-order valence-electron chi connectivity index (χ4n) is 3.55. The van der Waals surface area contributed by atoms with Gasteiger partial charge in [0.05, 0.1) is 29.5 Å². The molecule has 0 spiro atoms. The van der Waals surface area contributed by atoms with Gasteiger partial charge in [0.25, 0.3) is 15.9 Å². The van der Waals surface area contributed by atoms with Crippen LogP contribution in [0.1, 0.15) is 24.2 Å². The van der Waals surface area contributed by atoms with E-state index in [1.165, 1.54) is 48.5 Å². The van der Waals surface area contributed by atoms with E-state index in [-0.39, 0.29) is 45.8 Å². The van der Waals surface area contributed by atoms with E-state index < -0.39 is 15.8 Å². The van der Waals surface area contributed by atoms with E-state index in [0.29, 0.717) is 13.1 Å². The molecule has 1 saturated heterocycles. The van der Waals surface area contributed by atoms with Gasteiger partial charge < -0.3 is 9.64 Å². The van der Waals surface area contributed by atoms with E-state index >= 15 is 0 Å². The summed E-state index contributed by atoms with van der Waals surface area (Å²) in [6.45, 7) is 8.13. The van der Waals surface area contributed by atoms with Crippen LogP contribution in [-0.4, -0.2) is 51.1 Å². The van der Waals surface area contributed by atoms with Crippen molar-refractivity contribution in [3.8, 4) is 0 Å². The molecule has 0 aromatic heterocycles. The number of hydrogen-bond donors (Lipinski definition) is 0. The van der Waals surface area contributed by atoms with Crippen LogP contribution in [-0.2, 0) is 14.8 Å². The summed E-state index contributed by atoms with van der Waals surface area (Å²) < 4.78 is 46.9. The molecule has 1 aliphatic heterocycles. The maximum absolute atomic E-state index is 13.4. The first-order chi connectivity index (χ1) is 14.6. The lowest BCUT2D eigenvalue weighted by Crippen LogP contribution is -2.48. The summed E-state index contributed by atoms with van der Waals surface area (Å²) in [5, 5.41) is -0.0172. The Kier molecular flexibility index (Phi) is 7.03. The highest BCUT2D eigenvalue weighted by molar-refractivity contribution is 7.93. The quantitative estimate of drug-likeness (QED) is 0.601. The second-order valence-corrected chi connectivity index (χ2v) is 9.65. The molecule has 0 N–H and O–H groups in total. The zero-order valence-electron chi connectivity index (χ0n) is 17.3. The molecule has 3 rings (SSSR count). The molecule has 0 radical (unpaired) electrons. The fourth-order valence-corrected chi connectivity index (χ4v) is 5.48. The Morgan fingerprint density at radius 1 is 1.23 bits per heavy atom. The zero-order chi connectivity index (χ0) is 22.8. The third kappa shape index (κ3) is 5.08. The minimum absolute atomic E-state index is 0.0172. The van der Waals surface area contributed by atoms with Crippen molar-refractivity contribution in [2.24, 2.45) is 0 Å². The van der Waals surface area contributed by atoms with E-state index in [9.17, 15) is 17.6 Å². The molecule has 2 aromatic carbocycles. The average Bonchev–Trinajstić information content (AvgIpc) is 2.71. The van der Waals surface area contributed by atoms with Gasteiger partial charge in [-0.25, -0.2) is 12.8 Å². The number of hydrogen-bond acceptors (Lipinski definition) is 4. The summed E-state index contributed by atoms with van der Waals surface area (Å²) in [4.78, 5) is 14.5. The van der Waals surface area contributed by atoms with Crippen molar-refractivity contribution in [1.82, 2.24) is 4.90 Å². The molecule has 2 atom stereocenters. The highest BCUT2D eigenvalue weighted by atomic mass is 35.5. The van der Waals surface area contributed by atoms with Crippen LogP contribution in [0.4, 0.5) is 10.1 Å². The van der Waals surface area contributed by atoms with Crippen LogP contribution in [0.5, 0.6) is 0 Å². The fraction of sp³-hybridized carbons (Fsp3) is 0.318. The van der Waals surface area contributed by atoms with Gasteiger partial charge in [-0.2, -0.15) is 0 Å². The average molecular weight is 467 g/mol. The molecule has 31 heavy (non-hydrogen) atoms. The van der Waals surface area contributed by atoms with E-state index in [2.05, 4.69) is 6.58 Å². The van der Waals surface area contributed by atoms with Crippen molar-refractivity contribution in [1.29, 1.82) is 0 Å². The number of halogens is 2. The number of anilines is 1. The molecule has 0 bridgehead atoms. The first-order valence-electron chi connectivity index (χ1n) is 9.77. The van der Waals surface area contributed by atoms with Crippen LogP contribution >= 0.6 is 11.6 Å². The highest BCUT2D eigenvalue weighted by Crippen LogP contribution is 2.30.